The summed E-state index contributed by atoms with van der Waals surface area (Å²) in [6.45, 7) is 2.14. The average molecular weight is 335 g/mol. The predicted molar refractivity (Wildman–Crippen MR) is 93.4 cm³/mol. The number of carbonyl (C=O) groups excluding carboxylic acids is 2. The summed E-state index contributed by atoms with van der Waals surface area (Å²) in [6, 6.07) is 17.6. The number of carbonyl (C=O) groups is 2. The Bertz CT molecular complexity index is 884. The molecule has 0 spiro atoms. The number of furan rings is 1. The second kappa shape index (κ2) is 7.49. The number of aryl methyl sites for hydroxylation is 1. The molecule has 1 aromatic heterocycles. The smallest absolute Gasteiger partial charge is 0.340 e. The number of hydrogen-bond acceptors (Lipinski definition) is 4. The van der Waals surface area contributed by atoms with Crippen LogP contribution in [0.3, 0.4) is 0 Å². The summed E-state index contributed by atoms with van der Waals surface area (Å²) >= 11 is 0. The second-order valence-electron chi connectivity index (χ2n) is 5.54. The van der Waals surface area contributed by atoms with E-state index in [1.807, 2.05) is 31.2 Å². The molecule has 5 nitrogen and oxygen atoms in total. The number of anilines is 1. The van der Waals surface area contributed by atoms with E-state index in [2.05, 4.69) is 5.32 Å². The largest absolute Gasteiger partial charge is 0.459 e. The molecule has 0 bridgehead atoms. The van der Waals surface area contributed by atoms with E-state index in [-0.39, 0.29) is 17.9 Å². The molecule has 1 heterocycles. The van der Waals surface area contributed by atoms with Gasteiger partial charge in [-0.15, -0.1) is 0 Å². The highest BCUT2D eigenvalue weighted by Gasteiger charge is 2.16. The zero-order valence-electron chi connectivity index (χ0n) is 13.7. The summed E-state index contributed by atoms with van der Waals surface area (Å²) in [5.74, 6) is -0.760. The molecule has 0 unspecified atom stereocenters. The lowest BCUT2D eigenvalue weighted by molar-refractivity contribution is 0.0474. The van der Waals surface area contributed by atoms with Crippen LogP contribution in [-0.4, -0.2) is 11.9 Å². The minimum absolute atomic E-state index is 0.168. The molecule has 0 fully saturated rings. The monoisotopic (exact) mass is 335 g/mol. The maximum Gasteiger partial charge on any atom is 0.340 e. The zero-order chi connectivity index (χ0) is 17.6. The van der Waals surface area contributed by atoms with Gasteiger partial charge in [-0.25, -0.2) is 4.79 Å². The van der Waals surface area contributed by atoms with Gasteiger partial charge in [0, 0.05) is 0 Å². The topological polar surface area (TPSA) is 68.5 Å². The number of hydrogen-bond donors (Lipinski definition) is 1. The van der Waals surface area contributed by atoms with Gasteiger partial charge in [0.1, 0.15) is 6.61 Å². The van der Waals surface area contributed by atoms with Crippen molar-refractivity contribution in [3.8, 4) is 0 Å². The summed E-state index contributed by atoms with van der Waals surface area (Å²) in [7, 11) is 0. The van der Waals surface area contributed by atoms with E-state index in [0.717, 1.165) is 11.1 Å². The summed E-state index contributed by atoms with van der Waals surface area (Å²) in [6.07, 6.45) is 1.41. The summed E-state index contributed by atoms with van der Waals surface area (Å²) in [4.78, 5) is 24.5. The third kappa shape index (κ3) is 4.14. The van der Waals surface area contributed by atoms with Crippen LogP contribution in [0, 0.1) is 6.92 Å². The SMILES string of the molecule is Cc1cccc(COC(=O)c2ccccc2NC(=O)c2ccco2)c1. The molecule has 3 aromatic rings. The van der Waals surface area contributed by atoms with Gasteiger partial charge >= 0.3 is 5.97 Å². The van der Waals surface area contributed by atoms with Crippen molar-refractivity contribution in [1.29, 1.82) is 0 Å². The van der Waals surface area contributed by atoms with Gasteiger partial charge in [0.15, 0.2) is 5.76 Å². The van der Waals surface area contributed by atoms with Gasteiger partial charge in [0.25, 0.3) is 5.91 Å². The predicted octanol–water partition coefficient (Wildman–Crippen LogP) is 4.20. The van der Waals surface area contributed by atoms with Gasteiger partial charge in [-0.1, -0.05) is 42.0 Å². The fraction of sp³-hybridized carbons (Fsp3) is 0.100. The first-order chi connectivity index (χ1) is 12.1. The molecule has 3 rings (SSSR count). The third-order valence-electron chi connectivity index (χ3n) is 3.59. The van der Waals surface area contributed by atoms with Crippen LogP contribution < -0.4 is 5.32 Å². The normalized spacial score (nSPS) is 10.3. The van der Waals surface area contributed by atoms with Gasteiger partial charge in [-0.2, -0.15) is 0 Å². The molecule has 5 heteroatoms. The van der Waals surface area contributed by atoms with Crippen molar-refractivity contribution in [2.75, 3.05) is 5.32 Å². The van der Waals surface area contributed by atoms with Crippen molar-refractivity contribution in [2.45, 2.75) is 13.5 Å². The van der Waals surface area contributed by atoms with Crippen molar-refractivity contribution < 1.29 is 18.7 Å². The van der Waals surface area contributed by atoms with Crippen LogP contribution in [0.4, 0.5) is 5.69 Å². The molecule has 0 radical (unpaired) electrons. The van der Waals surface area contributed by atoms with Crippen LogP contribution in [0.5, 0.6) is 0 Å². The second-order valence-corrected chi connectivity index (χ2v) is 5.54. The Hall–Kier alpha value is -3.34. The maximum absolute atomic E-state index is 12.4. The Balaban J connectivity index is 1.71. The summed E-state index contributed by atoms with van der Waals surface area (Å²) < 4.78 is 10.4. The zero-order valence-corrected chi connectivity index (χ0v) is 13.7. The quantitative estimate of drug-likeness (QED) is 0.710. The molecule has 25 heavy (non-hydrogen) atoms. The highest BCUT2D eigenvalue weighted by Crippen LogP contribution is 2.18. The molecular weight excluding hydrogens is 318 g/mol. The van der Waals surface area contributed by atoms with Gasteiger partial charge < -0.3 is 14.5 Å². The standard InChI is InChI=1S/C20H17NO4/c1-14-6-4-7-15(12-14)13-25-20(23)16-8-2-3-9-17(16)21-19(22)18-10-5-11-24-18/h2-12H,13H2,1H3,(H,21,22). The van der Waals surface area contributed by atoms with E-state index in [1.54, 1.807) is 36.4 Å². The molecule has 1 N–H and O–H groups in total. The molecule has 126 valence electrons. The van der Waals surface area contributed by atoms with Crippen LogP contribution in [0.15, 0.2) is 71.3 Å². The van der Waals surface area contributed by atoms with Crippen LogP contribution in [0.2, 0.25) is 0 Å². The first-order valence-corrected chi connectivity index (χ1v) is 7.80. The number of nitrogens with one attached hydrogen (secondary N) is 1. The Morgan fingerprint density at radius 2 is 1.88 bits per heavy atom. The summed E-state index contributed by atoms with van der Waals surface area (Å²) in [5.41, 5.74) is 2.67. The Morgan fingerprint density at radius 1 is 1.04 bits per heavy atom. The van der Waals surface area contributed by atoms with Crippen LogP contribution >= 0.6 is 0 Å². The van der Waals surface area contributed by atoms with Crippen molar-refractivity contribution in [2.24, 2.45) is 0 Å². The van der Waals surface area contributed by atoms with Gasteiger partial charge in [-0.05, 0) is 36.8 Å². The molecular formula is C20H17NO4. The molecule has 0 aliphatic heterocycles. The number of esters is 1. The number of benzene rings is 2. The average Bonchev–Trinajstić information content (AvgIpc) is 3.15. The van der Waals surface area contributed by atoms with E-state index in [9.17, 15) is 9.59 Å². The molecule has 0 atom stereocenters. The van der Waals surface area contributed by atoms with E-state index >= 15 is 0 Å². The summed E-state index contributed by atoms with van der Waals surface area (Å²) in [5, 5.41) is 2.67. The third-order valence-corrected chi connectivity index (χ3v) is 3.59. The number of ether oxygens (including phenoxy) is 1. The number of rotatable bonds is 5. The van der Waals surface area contributed by atoms with Crippen molar-refractivity contribution in [3.05, 3.63) is 89.4 Å². The van der Waals surface area contributed by atoms with Gasteiger partial charge in [0.05, 0.1) is 17.5 Å². The van der Waals surface area contributed by atoms with Crippen LogP contribution in [0.1, 0.15) is 32.0 Å². The Morgan fingerprint density at radius 3 is 2.64 bits per heavy atom. The van der Waals surface area contributed by atoms with E-state index in [0.29, 0.717) is 5.69 Å². The van der Waals surface area contributed by atoms with E-state index < -0.39 is 11.9 Å². The molecule has 0 saturated heterocycles. The molecule has 0 aliphatic rings. The van der Waals surface area contributed by atoms with Crippen molar-refractivity contribution >= 4 is 17.6 Å². The maximum atomic E-state index is 12.4. The highest BCUT2D eigenvalue weighted by molar-refractivity contribution is 6.06. The van der Waals surface area contributed by atoms with Crippen LogP contribution in [0.25, 0.3) is 0 Å². The van der Waals surface area contributed by atoms with Crippen LogP contribution in [-0.2, 0) is 11.3 Å². The number of para-hydroxylation sites is 1. The van der Waals surface area contributed by atoms with Crippen molar-refractivity contribution in [1.82, 2.24) is 0 Å². The first-order valence-electron chi connectivity index (χ1n) is 7.80. The first kappa shape index (κ1) is 16.5. The molecule has 1 amide bonds. The van der Waals surface area contributed by atoms with Gasteiger partial charge in [0.2, 0.25) is 0 Å². The lowest BCUT2D eigenvalue weighted by Gasteiger charge is -2.10. The highest BCUT2D eigenvalue weighted by atomic mass is 16.5. The fourth-order valence-electron chi connectivity index (χ4n) is 2.39. The fourth-order valence-corrected chi connectivity index (χ4v) is 2.39. The minimum Gasteiger partial charge on any atom is -0.459 e. The lowest BCUT2D eigenvalue weighted by Crippen LogP contribution is -2.15. The van der Waals surface area contributed by atoms with Crippen molar-refractivity contribution in [3.63, 3.8) is 0 Å². The molecule has 0 saturated carbocycles. The minimum atomic E-state index is -0.503. The molecule has 2 aromatic carbocycles. The van der Waals surface area contributed by atoms with E-state index in [1.165, 1.54) is 6.26 Å². The number of amides is 1. The van der Waals surface area contributed by atoms with E-state index in [4.69, 9.17) is 9.15 Å². The molecule has 0 aliphatic carbocycles. The van der Waals surface area contributed by atoms with Gasteiger partial charge in [-0.3, -0.25) is 4.79 Å². The lowest BCUT2D eigenvalue weighted by atomic mass is 10.1. The Kier molecular flexibility index (Phi) is 4.95. The Labute approximate surface area is 145 Å².